The van der Waals surface area contributed by atoms with Crippen molar-refractivity contribution in [1.29, 1.82) is 0 Å². The summed E-state index contributed by atoms with van der Waals surface area (Å²) in [7, 11) is 0. The van der Waals surface area contributed by atoms with Crippen LogP contribution in [0.2, 0.25) is 0 Å². The lowest BCUT2D eigenvalue weighted by molar-refractivity contribution is 0.0249. The molecule has 1 heterocycles. The van der Waals surface area contributed by atoms with E-state index in [1.54, 1.807) is 0 Å². The van der Waals surface area contributed by atoms with Gasteiger partial charge in [0, 0.05) is 3.92 Å². The molecule has 0 radical (unpaired) electrons. The maximum Gasteiger partial charge on any atom is 0.0610 e. The zero-order chi connectivity index (χ0) is 7.40. The molecule has 1 nitrogen and oxygen atoms in total. The molecule has 10 heavy (non-hydrogen) atoms. The summed E-state index contributed by atoms with van der Waals surface area (Å²) < 4.78 is 6.29. The molecule has 0 bridgehead atoms. The highest BCUT2D eigenvalue weighted by atomic mass is 127. The second kappa shape index (κ2) is 4.34. The van der Waals surface area contributed by atoms with Gasteiger partial charge in [0.15, 0.2) is 0 Å². The fourth-order valence-electron chi connectivity index (χ4n) is 1.15. The van der Waals surface area contributed by atoms with E-state index in [0.717, 1.165) is 17.0 Å². The molecular formula is C8H13IO. The molecule has 0 unspecified atom stereocenters. The molecule has 0 saturated carbocycles. The zero-order valence-electron chi connectivity index (χ0n) is 6.05. The summed E-state index contributed by atoms with van der Waals surface area (Å²) in [6.45, 7) is 4.62. The molecular weight excluding hydrogens is 239 g/mol. The van der Waals surface area contributed by atoms with Gasteiger partial charge in [-0.15, -0.1) is 6.58 Å². The van der Waals surface area contributed by atoms with Crippen LogP contribution in [0.15, 0.2) is 12.7 Å². The van der Waals surface area contributed by atoms with E-state index in [-0.39, 0.29) is 0 Å². The summed E-state index contributed by atoms with van der Waals surface area (Å²) in [5.74, 6) is 0. The second-order valence-electron chi connectivity index (χ2n) is 2.65. The quantitative estimate of drug-likeness (QED) is 0.417. The Bertz CT molecular complexity index is 106. The summed E-state index contributed by atoms with van der Waals surface area (Å²) in [6, 6.07) is 0. The number of rotatable bonds is 2. The molecule has 0 aromatic rings. The molecule has 0 aliphatic carbocycles. The van der Waals surface area contributed by atoms with E-state index in [1.807, 2.05) is 6.08 Å². The fraction of sp³-hybridized carbons (Fsp3) is 0.750. The van der Waals surface area contributed by atoms with E-state index in [1.165, 1.54) is 12.8 Å². The van der Waals surface area contributed by atoms with Gasteiger partial charge in [-0.1, -0.05) is 28.7 Å². The standard InChI is InChI=1S/C8H13IO/c1-2-3-8-5-4-7(9)6-10-8/h2,7-8H,1,3-6H2/t7-,8-/m0/s1. The molecule has 1 aliphatic heterocycles. The van der Waals surface area contributed by atoms with Crippen LogP contribution in [0.1, 0.15) is 19.3 Å². The highest BCUT2D eigenvalue weighted by Crippen LogP contribution is 2.21. The number of hydrogen-bond acceptors (Lipinski definition) is 1. The maximum atomic E-state index is 5.55. The second-order valence-corrected chi connectivity index (χ2v) is 4.42. The van der Waals surface area contributed by atoms with Crippen molar-refractivity contribution in [3.8, 4) is 0 Å². The Labute approximate surface area is 76.0 Å². The molecule has 0 N–H and O–H groups in total. The van der Waals surface area contributed by atoms with Crippen molar-refractivity contribution in [3.05, 3.63) is 12.7 Å². The molecule has 0 spiro atoms. The maximum absolute atomic E-state index is 5.55. The van der Waals surface area contributed by atoms with Crippen molar-refractivity contribution in [2.24, 2.45) is 0 Å². The Kier molecular flexibility index (Phi) is 3.70. The molecule has 1 rings (SSSR count). The van der Waals surface area contributed by atoms with Gasteiger partial charge in [0.05, 0.1) is 12.7 Å². The minimum Gasteiger partial charge on any atom is -0.377 e. The summed E-state index contributed by atoms with van der Waals surface area (Å²) in [5, 5.41) is 0. The van der Waals surface area contributed by atoms with Crippen LogP contribution < -0.4 is 0 Å². The van der Waals surface area contributed by atoms with E-state index >= 15 is 0 Å². The van der Waals surface area contributed by atoms with Crippen molar-refractivity contribution in [1.82, 2.24) is 0 Å². The van der Waals surface area contributed by atoms with E-state index in [9.17, 15) is 0 Å². The van der Waals surface area contributed by atoms with Crippen LogP contribution in [0.25, 0.3) is 0 Å². The lowest BCUT2D eigenvalue weighted by Gasteiger charge is -2.24. The lowest BCUT2D eigenvalue weighted by Crippen LogP contribution is -2.25. The third-order valence-electron chi connectivity index (χ3n) is 1.74. The smallest absolute Gasteiger partial charge is 0.0610 e. The van der Waals surface area contributed by atoms with Crippen LogP contribution in [0.4, 0.5) is 0 Å². The minimum absolute atomic E-state index is 0.462. The predicted octanol–water partition coefficient (Wildman–Crippen LogP) is 2.55. The van der Waals surface area contributed by atoms with Crippen LogP contribution in [0.3, 0.4) is 0 Å². The SMILES string of the molecule is C=CC[C@H]1CC[C@H](I)CO1. The average Bonchev–Trinajstić information content (AvgIpc) is 1.95. The molecule has 2 atom stereocenters. The van der Waals surface area contributed by atoms with E-state index in [2.05, 4.69) is 29.2 Å². The molecule has 1 fully saturated rings. The topological polar surface area (TPSA) is 9.23 Å². The highest BCUT2D eigenvalue weighted by molar-refractivity contribution is 14.1. The first-order chi connectivity index (χ1) is 4.83. The van der Waals surface area contributed by atoms with Gasteiger partial charge in [0.25, 0.3) is 0 Å². The van der Waals surface area contributed by atoms with Gasteiger partial charge in [0.1, 0.15) is 0 Å². The fourth-order valence-corrected chi connectivity index (χ4v) is 1.71. The Morgan fingerprint density at radius 1 is 1.60 bits per heavy atom. The van der Waals surface area contributed by atoms with Crippen molar-refractivity contribution in [2.75, 3.05) is 6.61 Å². The van der Waals surface area contributed by atoms with Crippen LogP contribution >= 0.6 is 22.6 Å². The van der Waals surface area contributed by atoms with Crippen molar-refractivity contribution in [2.45, 2.75) is 29.3 Å². The Balaban J connectivity index is 2.19. The minimum atomic E-state index is 0.462. The first kappa shape index (κ1) is 8.53. The van der Waals surface area contributed by atoms with Crippen LogP contribution in [0.5, 0.6) is 0 Å². The van der Waals surface area contributed by atoms with E-state index in [4.69, 9.17) is 4.74 Å². The zero-order valence-corrected chi connectivity index (χ0v) is 8.21. The summed E-state index contributed by atoms with van der Waals surface area (Å²) in [6.07, 6.45) is 5.93. The van der Waals surface area contributed by atoms with Crippen molar-refractivity contribution < 1.29 is 4.74 Å². The van der Waals surface area contributed by atoms with Crippen LogP contribution in [-0.2, 0) is 4.74 Å². The number of alkyl halides is 1. The van der Waals surface area contributed by atoms with E-state index < -0.39 is 0 Å². The molecule has 0 aromatic carbocycles. The van der Waals surface area contributed by atoms with Gasteiger partial charge >= 0.3 is 0 Å². The number of hydrogen-bond donors (Lipinski definition) is 0. The summed E-state index contributed by atoms with van der Waals surface area (Å²) >= 11 is 2.44. The Morgan fingerprint density at radius 3 is 2.90 bits per heavy atom. The first-order valence-electron chi connectivity index (χ1n) is 3.69. The van der Waals surface area contributed by atoms with Gasteiger partial charge in [-0.25, -0.2) is 0 Å². The Hall–Kier alpha value is 0.430. The third kappa shape index (κ3) is 2.58. The Morgan fingerprint density at radius 2 is 2.40 bits per heavy atom. The molecule has 58 valence electrons. The lowest BCUT2D eigenvalue weighted by atomic mass is 10.1. The van der Waals surface area contributed by atoms with Crippen LogP contribution in [-0.4, -0.2) is 16.6 Å². The molecule has 2 heteroatoms. The number of halogens is 1. The number of ether oxygens (including phenoxy) is 1. The largest absolute Gasteiger partial charge is 0.377 e. The van der Waals surface area contributed by atoms with Gasteiger partial charge in [-0.3, -0.25) is 0 Å². The molecule has 0 aromatic heterocycles. The van der Waals surface area contributed by atoms with Gasteiger partial charge in [-0.2, -0.15) is 0 Å². The normalized spacial score (nSPS) is 33.7. The third-order valence-corrected chi connectivity index (χ3v) is 2.73. The molecule has 1 aliphatic rings. The van der Waals surface area contributed by atoms with Gasteiger partial charge in [0.2, 0.25) is 0 Å². The summed E-state index contributed by atoms with van der Waals surface area (Å²) in [5.41, 5.74) is 0. The predicted molar refractivity (Wildman–Crippen MR) is 51.6 cm³/mol. The van der Waals surface area contributed by atoms with E-state index in [0.29, 0.717) is 6.10 Å². The molecule has 1 saturated heterocycles. The van der Waals surface area contributed by atoms with Gasteiger partial charge in [-0.05, 0) is 19.3 Å². The van der Waals surface area contributed by atoms with Crippen molar-refractivity contribution in [3.63, 3.8) is 0 Å². The van der Waals surface area contributed by atoms with Gasteiger partial charge < -0.3 is 4.74 Å². The molecule has 0 amide bonds. The summed E-state index contributed by atoms with van der Waals surface area (Å²) in [4.78, 5) is 0. The first-order valence-corrected chi connectivity index (χ1v) is 4.94. The van der Waals surface area contributed by atoms with Crippen molar-refractivity contribution >= 4 is 22.6 Å². The highest BCUT2D eigenvalue weighted by Gasteiger charge is 2.17. The average molecular weight is 252 g/mol. The monoisotopic (exact) mass is 252 g/mol. The van der Waals surface area contributed by atoms with Crippen LogP contribution in [0, 0.1) is 0 Å².